The molecule has 0 fully saturated rings. The van der Waals surface area contributed by atoms with Gasteiger partial charge in [-0.25, -0.2) is 19.6 Å². The fourth-order valence-corrected chi connectivity index (χ4v) is 17.4. The Morgan fingerprint density at radius 1 is 0.671 bits per heavy atom. The molecule has 0 amide bonds. The number of benzene rings is 2. The smallest absolute Gasteiger partial charge is 0.457 e. The van der Waals surface area contributed by atoms with E-state index in [0.717, 1.165) is 87.0 Å². The van der Waals surface area contributed by atoms with Crippen LogP contribution in [0.1, 0.15) is 97.9 Å². The van der Waals surface area contributed by atoms with Crippen LogP contribution in [-0.4, -0.2) is 71.0 Å². The minimum absolute atomic E-state index is 0. The van der Waals surface area contributed by atoms with Gasteiger partial charge in [0.25, 0.3) is 11.1 Å². The van der Waals surface area contributed by atoms with Crippen molar-refractivity contribution in [1.82, 2.24) is 19.1 Å². The molecule has 0 spiro atoms. The van der Waals surface area contributed by atoms with E-state index in [9.17, 15) is 28.8 Å². The summed E-state index contributed by atoms with van der Waals surface area (Å²) in [6.07, 6.45) is 4.16. The van der Waals surface area contributed by atoms with Crippen LogP contribution < -0.4 is 40.7 Å². The Morgan fingerprint density at radius 2 is 1.07 bits per heavy atom. The maximum Gasteiger partial charge on any atom is 1.00 e. The van der Waals surface area contributed by atoms with Crippen molar-refractivity contribution in [3.63, 3.8) is 0 Å². The number of aromatic nitrogens is 4. The van der Waals surface area contributed by atoms with Gasteiger partial charge >= 0.3 is 53.4 Å². The number of aryl methyl sites for hydroxylation is 2. The molecule has 0 saturated heterocycles. The number of cyclic esters (lactones) is 2. The summed E-state index contributed by atoms with van der Waals surface area (Å²) in [5.74, 6) is -2.53. The molecule has 24 heteroatoms. The molecular formula is C58H66BrN10NaO10Si2. The number of nitrogens with zero attached hydrogens (tertiary/aromatic N) is 10. The van der Waals surface area contributed by atoms with Crippen molar-refractivity contribution >= 4 is 77.8 Å². The van der Waals surface area contributed by atoms with Crippen molar-refractivity contribution in [2.45, 2.75) is 154 Å². The average Bonchev–Trinajstić information content (AvgIpc) is 3.44. The van der Waals surface area contributed by atoms with Crippen molar-refractivity contribution in [2.75, 3.05) is 11.9 Å². The van der Waals surface area contributed by atoms with Gasteiger partial charge in [-0.05, 0) is 73.0 Å². The number of fused-ring (bicyclic) bond motifs is 10. The van der Waals surface area contributed by atoms with Gasteiger partial charge in [0.05, 0.1) is 58.0 Å². The predicted molar refractivity (Wildman–Crippen MR) is 317 cm³/mol. The average molecular weight is 1220 g/mol. The third-order valence-electron chi connectivity index (χ3n) is 16.3. The second kappa shape index (κ2) is 26.0. The summed E-state index contributed by atoms with van der Waals surface area (Å²) in [6, 6.07) is 24.3. The van der Waals surface area contributed by atoms with E-state index in [0.29, 0.717) is 53.3 Å². The summed E-state index contributed by atoms with van der Waals surface area (Å²) in [5, 5.41) is 6.92. The molecular weight excluding hydrogens is 1160 g/mol. The quantitative estimate of drug-likeness (QED) is 0.0121. The molecule has 0 N–H and O–H groups in total. The Morgan fingerprint density at radius 3 is 1.45 bits per heavy atom. The molecule has 10 rings (SSSR count). The second-order valence-electron chi connectivity index (χ2n) is 22.5. The van der Waals surface area contributed by atoms with Gasteiger partial charge in [-0.3, -0.25) is 24.1 Å². The van der Waals surface area contributed by atoms with Crippen molar-refractivity contribution in [2.24, 2.45) is 5.11 Å². The van der Waals surface area contributed by atoms with Crippen LogP contribution in [0.2, 0.25) is 50.4 Å². The standard InChI is InChI=1S/C29H33BrN2O5Si.C29H33N5O5Si.N3.Na/c1-5-29(37-18(2)33)23-15-25-26-21(16-32(25)27(34)22(23)17-36-28(29)35)19(11-14-38(3,4)13-8-12-30)20-9-6-7-10-24(20)31-26;1-5-29(39-18(2)35)23-15-25-26-21(16-34(25)27(36)22(23)17-38-28(29)37)19(20-9-6-7-10-24(20)32-26)11-14-40(3,4)13-8-12-31-33-30;1-3-2;/h6-7,9-10,15H,5,8,11-14,16-17H2,1-4H3;6-7,9-10,15H,5,8,11-14,16-17H2,1-4H3;;/q;;-1;+1/t2*29-;;/m00../s1. The topological polar surface area (TPSA) is 282 Å². The molecule has 20 nitrogen and oxygen atoms in total. The van der Waals surface area contributed by atoms with Crippen LogP contribution in [0.3, 0.4) is 0 Å². The number of rotatable bonds is 17. The number of carbonyl (C=O) groups excluding carboxylic acids is 4. The van der Waals surface area contributed by atoms with Crippen molar-refractivity contribution in [3.8, 4) is 22.8 Å². The molecule has 0 saturated carbocycles. The molecule has 4 aliphatic rings. The predicted octanol–water partition coefficient (Wildman–Crippen LogP) is 9.16. The van der Waals surface area contributed by atoms with E-state index in [4.69, 9.17) is 45.5 Å². The zero-order chi connectivity index (χ0) is 58.6. The van der Waals surface area contributed by atoms with Crippen LogP contribution in [0.15, 0.2) is 75.4 Å². The number of azide groups is 1. The summed E-state index contributed by atoms with van der Waals surface area (Å²) in [5.41, 5.74) is 28.8. The molecule has 4 aromatic heterocycles. The second-order valence-corrected chi connectivity index (χ2v) is 33.9. The molecule has 4 aliphatic heterocycles. The Kier molecular flexibility index (Phi) is 20.0. The monoisotopic (exact) mass is 1220 g/mol. The number of para-hydroxylation sites is 2. The first-order valence-electron chi connectivity index (χ1n) is 27.3. The number of ether oxygens (including phenoxy) is 4. The van der Waals surface area contributed by atoms with E-state index >= 15 is 0 Å². The van der Waals surface area contributed by atoms with Gasteiger partial charge in [0.15, 0.2) is 0 Å². The fourth-order valence-electron chi connectivity index (χ4n) is 12.0. The molecule has 2 aromatic carbocycles. The first-order chi connectivity index (χ1) is 38.6. The molecule has 6 aromatic rings. The third-order valence-corrected chi connectivity index (χ3v) is 23.4. The van der Waals surface area contributed by atoms with Gasteiger partial charge in [-0.1, -0.05) is 128 Å². The van der Waals surface area contributed by atoms with Crippen molar-refractivity contribution < 1.29 is 67.7 Å². The van der Waals surface area contributed by atoms with E-state index in [2.05, 4.69) is 64.3 Å². The molecule has 0 radical (unpaired) electrons. The number of hydrogen-bond acceptors (Lipinski definition) is 13. The van der Waals surface area contributed by atoms with Gasteiger partial charge in [0, 0.05) is 79.8 Å². The fraction of sp³-hybridized carbons (Fsp3) is 0.448. The summed E-state index contributed by atoms with van der Waals surface area (Å²) in [7, 11) is -3.00. The molecule has 0 bridgehead atoms. The zero-order valence-corrected chi connectivity index (χ0v) is 53.6. The van der Waals surface area contributed by atoms with Crippen LogP contribution >= 0.6 is 15.9 Å². The zero-order valence-electron chi connectivity index (χ0n) is 48.0. The van der Waals surface area contributed by atoms with Crippen molar-refractivity contribution in [1.29, 1.82) is 0 Å². The number of hydrogen-bond donors (Lipinski definition) is 0. The molecule has 0 aliphatic carbocycles. The molecule has 0 unspecified atom stereocenters. The maximum absolute atomic E-state index is 13.8. The molecule has 424 valence electrons. The van der Waals surface area contributed by atoms with E-state index in [1.54, 1.807) is 29.0 Å². The Bertz CT molecular complexity index is 3750. The molecule has 8 heterocycles. The summed E-state index contributed by atoms with van der Waals surface area (Å²) in [6.45, 7) is 16.6. The van der Waals surface area contributed by atoms with E-state index in [1.807, 2.05) is 42.5 Å². The normalized spacial score (nSPS) is 17.0. The number of esters is 4. The summed E-state index contributed by atoms with van der Waals surface area (Å²) in [4.78, 5) is 92.1. The van der Waals surface area contributed by atoms with Gasteiger partial charge in [-0.15, -0.1) is 0 Å². The van der Waals surface area contributed by atoms with E-state index < -0.39 is 51.2 Å². The van der Waals surface area contributed by atoms with Crippen LogP contribution in [0, 0.1) is 0 Å². The number of pyridine rings is 4. The SMILES string of the molecule is CC[C@@]1(OC(C)=O)C(=O)OCc2c1cc1n(c2=O)Cc2c-1nc1ccccc1c2CC[Si](C)(C)CCCBr.CC[C@@]1(OC(C)=O)C(=O)OCc2c1cc1n(c2=O)Cc2c-1nc1ccccc1c2CC[Si](C)(C)CCCN=[N+]=[N-].[N-]=[N+]=[N-].[Na+]. The largest absolute Gasteiger partial charge is 1.00 e. The first kappa shape index (κ1) is 63.2. The molecule has 82 heavy (non-hydrogen) atoms. The van der Waals surface area contributed by atoms with Gasteiger partial charge in [0.2, 0.25) is 11.2 Å². The third kappa shape index (κ3) is 12.3. The summed E-state index contributed by atoms with van der Waals surface area (Å²) < 4.78 is 25.4. The summed E-state index contributed by atoms with van der Waals surface area (Å²) >= 11 is 3.58. The van der Waals surface area contributed by atoms with Crippen LogP contribution in [0.25, 0.3) is 71.0 Å². The van der Waals surface area contributed by atoms with Crippen LogP contribution in [0.4, 0.5) is 0 Å². The number of carbonyl (C=O) groups is 4. The maximum atomic E-state index is 13.8. The van der Waals surface area contributed by atoms with Gasteiger partial charge < -0.3 is 39.1 Å². The Hall–Kier alpha value is -6.43. The van der Waals surface area contributed by atoms with Crippen molar-refractivity contribution in [3.05, 3.63) is 152 Å². The number of halogens is 1. The minimum Gasteiger partial charge on any atom is -0.457 e. The van der Waals surface area contributed by atoms with E-state index in [-0.39, 0.29) is 66.7 Å². The minimum atomic E-state index is -1.66. The van der Waals surface area contributed by atoms with Crippen LogP contribution in [-0.2, 0) is 88.5 Å². The molecule has 2 atom stereocenters. The van der Waals surface area contributed by atoms with E-state index in [1.165, 1.54) is 42.4 Å². The van der Waals surface area contributed by atoms with Crippen LogP contribution in [0.5, 0.6) is 0 Å². The number of alkyl halides is 1. The first-order valence-corrected chi connectivity index (χ1v) is 35.2. The van der Waals surface area contributed by atoms with Gasteiger partial charge in [0.1, 0.15) is 13.2 Å². The van der Waals surface area contributed by atoms with Gasteiger partial charge in [-0.2, -0.15) is 0 Å². The Labute approximate surface area is 507 Å². The Balaban J connectivity index is 0.000000223.